The number of likely N-dealkylation sites (N-methyl/N-ethyl adjacent to an activating group) is 2. The highest BCUT2D eigenvalue weighted by Gasteiger charge is 2.11. The third kappa shape index (κ3) is 4.70. The first-order chi connectivity index (χ1) is 14.5. The SMILES string of the molecule is CN(C)CCN(C)c1nc2ccc(NC(=O)c3ccc(-c4cccs4)cc3)cc2s1. The molecule has 7 heteroatoms. The van der Waals surface area contributed by atoms with Gasteiger partial charge in [-0.1, -0.05) is 29.5 Å². The van der Waals surface area contributed by atoms with Crippen LogP contribution < -0.4 is 10.2 Å². The number of hydrogen-bond acceptors (Lipinski definition) is 6. The highest BCUT2D eigenvalue weighted by Crippen LogP contribution is 2.30. The van der Waals surface area contributed by atoms with Gasteiger partial charge in [-0.2, -0.15) is 0 Å². The molecule has 0 aliphatic heterocycles. The van der Waals surface area contributed by atoms with Crippen LogP contribution in [-0.2, 0) is 0 Å². The molecule has 0 saturated heterocycles. The molecule has 0 fully saturated rings. The molecule has 2 aromatic carbocycles. The second-order valence-corrected chi connectivity index (χ2v) is 9.37. The minimum atomic E-state index is -0.111. The lowest BCUT2D eigenvalue weighted by Gasteiger charge is -2.18. The topological polar surface area (TPSA) is 48.5 Å². The summed E-state index contributed by atoms with van der Waals surface area (Å²) in [6.45, 7) is 1.89. The first-order valence-corrected chi connectivity index (χ1v) is 11.4. The molecule has 154 valence electrons. The van der Waals surface area contributed by atoms with Crippen molar-refractivity contribution in [2.75, 3.05) is 44.4 Å². The van der Waals surface area contributed by atoms with E-state index in [4.69, 9.17) is 4.98 Å². The molecule has 1 N–H and O–H groups in total. The number of carbonyl (C=O) groups excluding carboxylic acids is 1. The Hall–Kier alpha value is -2.74. The summed E-state index contributed by atoms with van der Waals surface area (Å²) in [6, 6.07) is 17.7. The highest BCUT2D eigenvalue weighted by molar-refractivity contribution is 7.22. The molecular formula is C23H24N4OS2. The maximum Gasteiger partial charge on any atom is 0.255 e. The second kappa shape index (κ2) is 8.95. The first kappa shape index (κ1) is 20.5. The average molecular weight is 437 g/mol. The molecule has 0 spiro atoms. The fourth-order valence-corrected chi connectivity index (χ4v) is 4.76. The van der Waals surface area contributed by atoms with Crippen molar-refractivity contribution in [3.63, 3.8) is 0 Å². The van der Waals surface area contributed by atoms with Gasteiger partial charge in [0.2, 0.25) is 0 Å². The summed E-state index contributed by atoms with van der Waals surface area (Å²) in [4.78, 5) is 22.9. The van der Waals surface area contributed by atoms with E-state index < -0.39 is 0 Å². The predicted octanol–water partition coefficient (Wildman–Crippen LogP) is 5.27. The zero-order valence-corrected chi connectivity index (χ0v) is 18.9. The van der Waals surface area contributed by atoms with Crippen LogP contribution in [0.2, 0.25) is 0 Å². The molecule has 0 aliphatic carbocycles. The Morgan fingerprint density at radius 3 is 2.53 bits per heavy atom. The maximum absolute atomic E-state index is 12.7. The van der Waals surface area contributed by atoms with Gasteiger partial charge < -0.3 is 15.1 Å². The van der Waals surface area contributed by atoms with E-state index in [1.807, 2.05) is 48.5 Å². The maximum atomic E-state index is 12.7. The van der Waals surface area contributed by atoms with Gasteiger partial charge in [0.15, 0.2) is 5.13 Å². The van der Waals surface area contributed by atoms with Crippen molar-refractivity contribution in [2.24, 2.45) is 0 Å². The summed E-state index contributed by atoms with van der Waals surface area (Å²) in [5.41, 5.74) is 3.49. The zero-order chi connectivity index (χ0) is 21.1. The summed E-state index contributed by atoms with van der Waals surface area (Å²) in [7, 11) is 6.19. The smallest absolute Gasteiger partial charge is 0.255 e. The monoisotopic (exact) mass is 436 g/mol. The van der Waals surface area contributed by atoms with Crippen LogP contribution in [0.3, 0.4) is 0 Å². The molecule has 0 aliphatic rings. The van der Waals surface area contributed by atoms with E-state index in [1.165, 1.54) is 4.88 Å². The van der Waals surface area contributed by atoms with Crippen LogP contribution in [0.4, 0.5) is 10.8 Å². The Morgan fingerprint density at radius 1 is 1.03 bits per heavy atom. The summed E-state index contributed by atoms with van der Waals surface area (Å²) < 4.78 is 1.06. The van der Waals surface area contributed by atoms with Gasteiger partial charge in [-0.15, -0.1) is 11.3 Å². The number of carbonyl (C=O) groups is 1. The van der Waals surface area contributed by atoms with Crippen LogP contribution in [0.25, 0.3) is 20.7 Å². The number of thiazole rings is 1. The normalized spacial score (nSPS) is 11.2. The summed E-state index contributed by atoms with van der Waals surface area (Å²) >= 11 is 3.33. The fraction of sp³-hybridized carbons (Fsp3) is 0.217. The van der Waals surface area contributed by atoms with Gasteiger partial charge in [-0.3, -0.25) is 4.79 Å². The number of benzene rings is 2. The minimum absolute atomic E-state index is 0.111. The van der Waals surface area contributed by atoms with E-state index >= 15 is 0 Å². The molecule has 0 unspecified atom stereocenters. The van der Waals surface area contributed by atoms with Crippen molar-refractivity contribution < 1.29 is 4.79 Å². The van der Waals surface area contributed by atoms with Gasteiger partial charge in [-0.25, -0.2) is 4.98 Å². The van der Waals surface area contributed by atoms with Gasteiger partial charge >= 0.3 is 0 Å². The standard InChI is InChI=1S/C23H24N4OS2/c1-26(2)12-13-27(3)23-25-19-11-10-18(15-21(19)30-23)24-22(28)17-8-6-16(7-9-17)20-5-4-14-29-20/h4-11,14-15H,12-13H2,1-3H3,(H,24,28). The van der Waals surface area contributed by atoms with Crippen molar-refractivity contribution in [2.45, 2.75) is 0 Å². The Labute approximate surface area is 184 Å². The number of nitrogens with zero attached hydrogens (tertiary/aromatic N) is 3. The minimum Gasteiger partial charge on any atom is -0.350 e. The molecule has 0 saturated carbocycles. The molecule has 5 nitrogen and oxygen atoms in total. The van der Waals surface area contributed by atoms with Gasteiger partial charge in [0.05, 0.1) is 10.2 Å². The zero-order valence-electron chi connectivity index (χ0n) is 17.3. The van der Waals surface area contributed by atoms with E-state index in [9.17, 15) is 4.79 Å². The highest BCUT2D eigenvalue weighted by atomic mass is 32.1. The number of thiophene rings is 1. The summed E-state index contributed by atoms with van der Waals surface area (Å²) in [5, 5.41) is 6.04. The van der Waals surface area contributed by atoms with Gasteiger partial charge in [-0.05, 0) is 61.4 Å². The molecule has 1 amide bonds. The molecule has 2 aromatic heterocycles. The fourth-order valence-electron chi connectivity index (χ4n) is 3.03. The average Bonchev–Trinajstić information content (AvgIpc) is 3.42. The molecule has 4 rings (SSSR count). The molecular weight excluding hydrogens is 412 g/mol. The predicted molar refractivity (Wildman–Crippen MR) is 129 cm³/mol. The largest absolute Gasteiger partial charge is 0.350 e. The Bertz CT molecular complexity index is 1130. The number of amides is 1. The van der Waals surface area contributed by atoms with Crippen LogP contribution in [0, 0.1) is 0 Å². The van der Waals surface area contributed by atoms with Crippen molar-refractivity contribution in [1.29, 1.82) is 0 Å². The van der Waals surface area contributed by atoms with Crippen LogP contribution in [0.5, 0.6) is 0 Å². The van der Waals surface area contributed by atoms with E-state index in [-0.39, 0.29) is 5.91 Å². The van der Waals surface area contributed by atoms with E-state index in [0.29, 0.717) is 5.56 Å². The van der Waals surface area contributed by atoms with Gasteiger partial charge in [0.25, 0.3) is 5.91 Å². The van der Waals surface area contributed by atoms with E-state index in [1.54, 1.807) is 22.7 Å². The van der Waals surface area contributed by atoms with E-state index in [2.05, 4.69) is 47.7 Å². The lowest BCUT2D eigenvalue weighted by molar-refractivity contribution is 0.102. The van der Waals surface area contributed by atoms with Crippen molar-refractivity contribution >= 4 is 49.6 Å². The molecule has 2 heterocycles. The molecule has 0 bridgehead atoms. The van der Waals surface area contributed by atoms with Gasteiger partial charge in [0, 0.05) is 36.3 Å². The number of nitrogens with one attached hydrogen (secondary N) is 1. The number of anilines is 2. The van der Waals surface area contributed by atoms with Crippen molar-refractivity contribution in [3.8, 4) is 10.4 Å². The number of fused-ring (bicyclic) bond motifs is 1. The number of hydrogen-bond donors (Lipinski definition) is 1. The molecule has 30 heavy (non-hydrogen) atoms. The Balaban J connectivity index is 1.46. The van der Waals surface area contributed by atoms with Crippen molar-refractivity contribution in [1.82, 2.24) is 9.88 Å². The third-order valence-corrected chi connectivity index (χ3v) is 6.85. The summed E-state index contributed by atoms with van der Waals surface area (Å²) in [6.07, 6.45) is 0. The Kier molecular flexibility index (Phi) is 6.13. The molecule has 0 radical (unpaired) electrons. The van der Waals surface area contributed by atoms with Crippen LogP contribution >= 0.6 is 22.7 Å². The lowest BCUT2D eigenvalue weighted by Crippen LogP contribution is -2.28. The Morgan fingerprint density at radius 2 is 1.83 bits per heavy atom. The van der Waals surface area contributed by atoms with E-state index in [0.717, 1.165) is 39.7 Å². The molecule has 4 aromatic rings. The lowest BCUT2D eigenvalue weighted by atomic mass is 10.1. The second-order valence-electron chi connectivity index (χ2n) is 7.41. The number of aromatic nitrogens is 1. The summed E-state index contributed by atoms with van der Waals surface area (Å²) in [5.74, 6) is -0.111. The quantitative estimate of drug-likeness (QED) is 0.428. The van der Waals surface area contributed by atoms with Gasteiger partial charge in [0.1, 0.15) is 0 Å². The molecule has 0 atom stereocenters. The van der Waals surface area contributed by atoms with Crippen LogP contribution in [0.15, 0.2) is 60.0 Å². The van der Waals surface area contributed by atoms with Crippen LogP contribution in [-0.4, -0.2) is 50.0 Å². The third-order valence-electron chi connectivity index (χ3n) is 4.80. The van der Waals surface area contributed by atoms with Crippen LogP contribution in [0.1, 0.15) is 10.4 Å². The first-order valence-electron chi connectivity index (χ1n) is 9.71. The van der Waals surface area contributed by atoms with Crippen molar-refractivity contribution in [3.05, 3.63) is 65.5 Å². The number of rotatable bonds is 7.